The highest BCUT2D eigenvalue weighted by atomic mass is 79.9. The SMILES string of the molecule is Cl.Cl.O=C(Nc1ccc(Br)cn1)C1CCN(C(=O)CNCC2CC2)CC1. The average molecular weight is 468 g/mol. The van der Waals surface area contributed by atoms with Crippen molar-refractivity contribution in [2.75, 3.05) is 31.5 Å². The van der Waals surface area contributed by atoms with Crippen LogP contribution in [0.15, 0.2) is 22.8 Å². The average Bonchev–Trinajstić information content (AvgIpc) is 3.41. The molecule has 0 spiro atoms. The Kier molecular flexibility index (Phi) is 9.85. The van der Waals surface area contributed by atoms with E-state index in [0.717, 1.165) is 16.9 Å². The van der Waals surface area contributed by atoms with Gasteiger partial charge in [-0.05, 0) is 66.2 Å². The van der Waals surface area contributed by atoms with Gasteiger partial charge in [0.2, 0.25) is 11.8 Å². The van der Waals surface area contributed by atoms with Crippen molar-refractivity contribution >= 4 is 58.4 Å². The van der Waals surface area contributed by atoms with Crippen molar-refractivity contribution in [2.45, 2.75) is 25.7 Å². The van der Waals surface area contributed by atoms with Gasteiger partial charge in [-0.15, -0.1) is 24.8 Å². The third-order valence-electron chi connectivity index (χ3n) is 4.60. The zero-order valence-electron chi connectivity index (χ0n) is 14.4. The molecule has 1 aromatic rings. The van der Waals surface area contributed by atoms with E-state index in [1.807, 2.05) is 11.0 Å². The second kappa shape index (κ2) is 11.1. The third kappa shape index (κ3) is 7.02. The summed E-state index contributed by atoms with van der Waals surface area (Å²) in [4.78, 5) is 30.5. The van der Waals surface area contributed by atoms with Crippen molar-refractivity contribution in [3.05, 3.63) is 22.8 Å². The topological polar surface area (TPSA) is 74.3 Å². The van der Waals surface area contributed by atoms with Crippen LogP contribution in [0.1, 0.15) is 25.7 Å². The molecule has 2 fully saturated rings. The van der Waals surface area contributed by atoms with Gasteiger partial charge in [0.1, 0.15) is 5.82 Å². The number of nitrogens with one attached hydrogen (secondary N) is 2. The Morgan fingerprint density at radius 3 is 2.42 bits per heavy atom. The summed E-state index contributed by atoms with van der Waals surface area (Å²) in [5.41, 5.74) is 0. The highest BCUT2D eigenvalue weighted by molar-refractivity contribution is 9.10. The Balaban J connectivity index is 0.00000169. The van der Waals surface area contributed by atoms with Crippen molar-refractivity contribution in [1.29, 1.82) is 0 Å². The van der Waals surface area contributed by atoms with Gasteiger partial charge in [0.25, 0.3) is 0 Å². The minimum atomic E-state index is -0.0566. The van der Waals surface area contributed by atoms with E-state index in [2.05, 4.69) is 31.5 Å². The molecule has 1 aliphatic heterocycles. The molecule has 0 atom stereocenters. The van der Waals surface area contributed by atoms with Crippen molar-refractivity contribution in [3.63, 3.8) is 0 Å². The van der Waals surface area contributed by atoms with Crippen LogP contribution in [0.5, 0.6) is 0 Å². The number of amides is 2. The second-order valence-corrected chi connectivity index (χ2v) is 7.50. The van der Waals surface area contributed by atoms with E-state index in [-0.39, 0.29) is 42.5 Å². The molecule has 9 heteroatoms. The Morgan fingerprint density at radius 1 is 1.15 bits per heavy atom. The van der Waals surface area contributed by atoms with Crippen LogP contribution in [0.4, 0.5) is 5.82 Å². The third-order valence-corrected chi connectivity index (χ3v) is 5.07. The molecule has 0 bridgehead atoms. The molecule has 2 N–H and O–H groups in total. The maximum Gasteiger partial charge on any atom is 0.236 e. The summed E-state index contributed by atoms with van der Waals surface area (Å²) in [6.07, 6.45) is 5.64. The number of hydrogen-bond donors (Lipinski definition) is 2. The van der Waals surface area contributed by atoms with E-state index >= 15 is 0 Å². The lowest BCUT2D eigenvalue weighted by molar-refractivity contribution is -0.133. The van der Waals surface area contributed by atoms with Crippen LogP contribution in [-0.4, -0.2) is 47.9 Å². The number of nitrogens with zero attached hydrogens (tertiary/aromatic N) is 2. The molecular formula is C17H25BrCl2N4O2. The van der Waals surface area contributed by atoms with E-state index in [9.17, 15) is 9.59 Å². The Labute approximate surface area is 174 Å². The quantitative estimate of drug-likeness (QED) is 0.674. The summed E-state index contributed by atoms with van der Waals surface area (Å²) in [5.74, 6) is 1.41. The zero-order chi connectivity index (χ0) is 16.9. The fraction of sp³-hybridized carbons (Fsp3) is 0.588. The molecular weight excluding hydrogens is 443 g/mol. The zero-order valence-corrected chi connectivity index (χ0v) is 17.7. The number of rotatable bonds is 6. The summed E-state index contributed by atoms with van der Waals surface area (Å²) in [6, 6.07) is 3.62. The number of pyridine rings is 1. The first kappa shape index (κ1) is 23.1. The first-order valence-electron chi connectivity index (χ1n) is 8.53. The van der Waals surface area contributed by atoms with Crippen LogP contribution >= 0.6 is 40.7 Å². The standard InChI is InChI=1S/C17H23BrN4O2.2ClH/c18-14-3-4-15(20-10-14)21-17(24)13-5-7-22(8-6-13)16(23)11-19-9-12-1-2-12;;/h3-4,10,12-13,19H,1-2,5-9,11H2,(H,20,21,24);2*1H. The van der Waals surface area contributed by atoms with Crippen LogP contribution in [0.3, 0.4) is 0 Å². The van der Waals surface area contributed by atoms with Crippen molar-refractivity contribution in [2.24, 2.45) is 11.8 Å². The Morgan fingerprint density at radius 2 is 1.85 bits per heavy atom. The molecule has 2 heterocycles. The maximum atomic E-state index is 12.3. The van der Waals surface area contributed by atoms with Crippen molar-refractivity contribution in [3.8, 4) is 0 Å². The van der Waals surface area contributed by atoms with Gasteiger partial charge in [0, 0.05) is 29.7 Å². The normalized spacial score (nSPS) is 17.0. The molecule has 1 saturated heterocycles. The highest BCUT2D eigenvalue weighted by Gasteiger charge is 2.28. The molecule has 0 aromatic carbocycles. The molecule has 2 amide bonds. The lowest BCUT2D eigenvalue weighted by Gasteiger charge is -2.31. The smallest absolute Gasteiger partial charge is 0.236 e. The monoisotopic (exact) mass is 466 g/mol. The van der Waals surface area contributed by atoms with Gasteiger partial charge in [0.15, 0.2) is 0 Å². The molecule has 0 unspecified atom stereocenters. The van der Waals surface area contributed by atoms with Gasteiger partial charge in [-0.2, -0.15) is 0 Å². The number of carbonyl (C=O) groups is 2. The van der Waals surface area contributed by atoms with E-state index in [0.29, 0.717) is 38.3 Å². The number of aromatic nitrogens is 1. The Bertz CT molecular complexity index is 591. The van der Waals surface area contributed by atoms with Crippen LogP contribution in [-0.2, 0) is 9.59 Å². The fourth-order valence-corrected chi connectivity index (χ4v) is 3.12. The highest BCUT2D eigenvalue weighted by Crippen LogP contribution is 2.27. The van der Waals surface area contributed by atoms with Crippen LogP contribution in [0.2, 0.25) is 0 Å². The van der Waals surface area contributed by atoms with Gasteiger partial charge in [-0.25, -0.2) is 4.98 Å². The Hall–Kier alpha value is -0.890. The molecule has 146 valence electrons. The summed E-state index contributed by atoms with van der Waals surface area (Å²) < 4.78 is 0.877. The van der Waals surface area contributed by atoms with Crippen LogP contribution in [0.25, 0.3) is 0 Å². The first-order chi connectivity index (χ1) is 11.6. The number of halogens is 3. The van der Waals surface area contributed by atoms with Gasteiger partial charge in [-0.3, -0.25) is 9.59 Å². The number of carbonyl (C=O) groups excluding carboxylic acids is 2. The molecule has 1 aliphatic carbocycles. The van der Waals surface area contributed by atoms with E-state index < -0.39 is 0 Å². The van der Waals surface area contributed by atoms with Crippen LogP contribution < -0.4 is 10.6 Å². The second-order valence-electron chi connectivity index (χ2n) is 6.58. The summed E-state index contributed by atoms with van der Waals surface area (Å²) in [6.45, 7) is 2.66. The number of hydrogen-bond acceptors (Lipinski definition) is 4. The summed E-state index contributed by atoms with van der Waals surface area (Å²) in [7, 11) is 0. The predicted molar refractivity (Wildman–Crippen MR) is 110 cm³/mol. The molecule has 3 rings (SSSR count). The van der Waals surface area contributed by atoms with Gasteiger partial charge in [0.05, 0.1) is 6.54 Å². The largest absolute Gasteiger partial charge is 0.342 e. The fourth-order valence-electron chi connectivity index (χ4n) is 2.89. The predicted octanol–water partition coefficient (Wildman–Crippen LogP) is 2.86. The molecule has 1 aromatic heterocycles. The number of anilines is 1. The first-order valence-corrected chi connectivity index (χ1v) is 9.32. The minimum absolute atomic E-state index is 0. The lowest BCUT2D eigenvalue weighted by Crippen LogP contribution is -2.45. The maximum absolute atomic E-state index is 12.3. The summed E-state index contributed by atoms with van der Waals surface area (Å²) in [5, 5.41) is 6.08. The van der Waals surface area contributed by atoms with Crippen LogP contribution in [0, 0.1) is 11.8 Å². The number of likely N-dealkylation sites (tertiary alicyclic amines) is 1. The van der Waals surface area contributed by atoms with Crippen molar-refractivity contribution < 1.29 is 9.59 Å². The molecule has 26 heavy (non-hydrogen) atoms. The van der Waals surface area contributed by atoms with E-state index in [1.165, 1.54) is 12.8 Å². The number of piperidine rings is 1. The molecule has 0 radical (unpaired) electrons. The minimum Gasteiger partial charge on any atom is -0.342 e. The van der Waals surface area contributed by atoms with Gasteiger partial charge < -0.3 is 15.5 Å². The molecule has 6 nitrogen and oxygen atoms in total. The van der Waals surface area contributed by atoms with Crippen molar-refractivity contribution in [1.82, 2.24) is 15.2 Å². The molecule has 1 saturated carbocycles. The van der Waals surface area contributed by atoms with Gasteiger partial charge in [-0.1, -0.05) is 0 Å². The lowest BCUT2D eigenvalue weighted by atomic mass is 9.96. The van der Waals surface area contributed by atoms with Gasteiger partial charge >= 0.3 is 0 Å². The van der Waals surface area contributed by atoms with E-state index in [1.54, 1.807) is 12.3 Å². The van der Waals surface area contributed by atoms with E-state index in [4.69, 9.17) is 0 Å². The molecule has 2 aliphatic rings. The summed E-state index contributed by atoms with van der Waals surface area (Å²) >= 11 is 3.32.